The third-order valence-corrected chi connectivity index (χ3v) is 2.35. The lowest BCUT2D eigenvalue weighted by molar-refractivity contribution is 0.0950. The Kier molecular flexibility index (Phi) is 4.78. The summed E-state index contributed by atoms with van der Waals surface area (Å²) in [5.74, 6) is -0.649. The number of aromatic hydroxyl groups is 2. The zero-order valence-electron chi connectivity index (χ0n) is 9.81. The molecule has 94 valence electrons. The highest BCUT2D eigenvalue weighted by Gasteiger charge is 2.09. The van der Waals surface area contributed by atoms with Gasteiger partial charge in [-0.25, -0.2) is 0 Å². The maximum absolute atomic E-state index is 11.7. The summed E-state index contributed by atoms with van der Waals surface area (Å²) in [4.78, 5) is 11.7. The van der Waals surface area contributed by atoms with E-state index in [1.54, 1.807) is 0 Å². The molecule has 0 saturated heterocycles. The maximum atomic E-state index is 11.7. The fourth-order valence-electron chi connectivity index (χ4n) is 1.52. The summed E-state index contributed by atoms with van der Waals surface area (Å²) in [5, 5.41) is 21.1. The predicted molar refractivity (Wildman–Crippen MR) is 65.0 cm³/mol. The number of nitrogens with two attached hydrogens (primary N) is 1. The van der Waals surface area contributed by atoms with Gasteiger partial charge >= 0.3 is 0 Å². The third kappa shape index (κ3) is 4.32. The van der Waals surface area contributed by atoms with Crippen molar-refractivity contribution in [1.29, 1.82) is 0 Å². The number of phenols is 2. The van der Waals surface area contributed by atoms with Crippen molar-refractivity contribution >= 4 is 5.91 Å². The highest BCUT2D eigenvalue weighted by atomic mass is 16.3. The molecule has 0 aliphatic heterocycles. The molecule has 1 amide bonds. The SMILES string of the molecule is CCCC(N)CNC(=O)c1cc(O)cc(O)c1. The highest BCUT2D eigenvalue weighted by molar-refractivity contribution is 5.95. The molecule has 0 saturated carbocycles. The Hall–Kier alpha value is -1.75. The van der Waals surface area contributed by atoms with Gasteiger partial charge in [-0.15, -0.1) is 0 Å². The zero-order chi connectivity index (χ0) is 12.8. The van der Waals surface area contributed by atoms with Gasteiger partial charge in [0.05, 0.1) is 0 Å². The smallest absolute Gasteiger partial charge is 0.251 e. The van der Waals surface area contributed by atoms with E-state index in [0.29, 0.717) is 6.54 Å². The van der Waals surface area contributed by atoms with Crippen LogP contribution >= 0.6 is 0 Å². The van der Waals surface area contributed by atoms with Crippen LogP contribution in [-0.2, 0) is 0 Å². The largest absolute Gasteiger partial charge is 0.508 e. The first kappa shape index (κ1) is 13.3. The van der Waals surface area contributed by atoms with Gasteiger partial charge in [-0.2, -0.15) is 0 Å². The summed E-state index contributed by atoms with van der Waals surface area (Å²) in [5.41, 5.74) is 5.97. The second kappa shape index (κ2) is 6.10. The van der Waals surface area contributed by atoms with Crippen LogP contribution in [0.4, 0.5) is 0 Å². The van der Waals surface area contributed by atoms with Crippen molar-refractivity contribution in [3.8, 4) is 11.5 Å². The van der Waals surface area contributed by atoms with Crippen LogP contribution in [0.5, 0.6) is 11.5 Å². The Labute approximate surface area is 100 Å². The summed E-state index contributed by atoms with van der Waals surface area (Å²) < 4.78 is 0. The molecule has 0 heterocycles. The van der Waals surface area contributed by atoms with Crippen molar-refractivity contribution in [2.24, 2.45) is 5.73 Å². The second-order valence-corrected chi connectivity index (χ2v) is 4.00. The zero-order valence-corrected chi connectivity index (χ0v) is 9.81. The van der Waals surface area contributed by atoms with E-state index in [2.05, 4.69) is 5.32 Å². The standard InChI is InChI=1S/C12H18N2O3/c1-2-3-9(13)7-14-12(17)8-4-10(15)6-11(16)5-8/h4-6,9,15-16H,2-3,7,13H2,1H3,(H,14,17). The van der Waals surface area contributed by atoms with Gasteiger partial charge in [0.1, 0.15) is 11.5 Å². The minimum Gasteiger partial charge on any atom is -0.508 e. The Morgan fingerprint density at radius 2 is 1.94 bits per heavy atom. The highest BCUT2D eigenvalue weighted by Crippen LogP contribution is 2.20. The lowest BCUT2D eigenvalue weighted by Crippen LogP contribution is -2.37. The van der Waals surface area contributed by atoms with Gasteiger partial charge in [0.2, 0.25) is 0 Å². The predicted octanol–water partition coefficient (Wildman–Crippen LogP) is 0.955. The minimum absolute atomic E-state index is 0.0742. The molecule has 1 rings (SSSR count). The summed E-state index contributed by atoms with van der Waals surface area (Å²) in [6.07, 6.45) is 1.80. The number of nitrogens with one attached hydrogen (secondary N) is 1. The van der Waals surface area contributed by atoms with E-state index in [0.717, 1.165) is 12.8 Å². The molecule has 1 aromatic rings. The molecular formula is C12H18N2O3. The number of phenolic OH excluding ortho intramolecular Hbond substituents is 2. The Balaban J connectivity index is 2.58. The van der Waals surface area contributed by atoms with Crippen molar-refractivity contribution in [3.63, 3.8) is 0 Å². The summed E-state index contributed by atoms with van der Waals surface area (Å²) in [6.45, 7) is 2.40. The molecule has 5 N–H and O–H groups in total. The fraction of sp³-hybridized carbons (Fsp3) is 0.417. The number of benzene rings is 1. The van der Waals surface area contributed by atoms with Crippen LogP contribution in [-0.4, -0.2) is 28.7 Å². The number of carbonyl (C=O) groups excluding carboxylic acids is 1. The molecule has 5 nitrogen and oxygen atoms in total. The molecule has 1 unspecified atom stereocenters. The molecular weight excluding hydrogens is 220 g/mol. The van der Waals surface area contributed by atoms with Crippen LogP contribution in [0.15, 0.2) is 18.2 Å². The van der Waals surface area contributed by atoms with Crippen LogP contribution < -0.4 is 11.1 Å². The molecule has 0 bridgehead atoms. The van der Waals surface area contributed by atoms with E-state index in [-0.39, 0.29) is 29.0 Å². The first-order chi connectivity index (χ1) is 8.02. The van der Waals surface area contributed by atoms with Crippen LogP contribution in [0.3, 0.4) is 0 Å². The minimum atomic E-state index is -0.359. The van der Waals surface area contributed by atoms with Crippen molar-refractivity contribution in [2.45, 2.75) is 25.8 Å². The molecule has 0 radical (unpaired) electrons. The fourth-order valence-corrected chi connectivity index (χ4v) is 1.52. The van der Waals surface area contributed by atoms with Gasteiger partial charge < -0.3 is 21.3 Å². The number of amides is 1. The van der Waals surface area contributed by atoms with Crippen LogP contribution in [0, 0.1) is 0 Å². The van der Waals surface area contributed by atoms with Gasteiger partial charge in [-0.05, 0) is 18.6 Å². The average Bonchev–Trinajstić information content (AvgIpc) is 2.25. The normalized spacial score (nSPS) is 12.1. The van der Waals surface area contributed by atoms with Crippen molar-refractivity contribution in [1.82, 2.24) is 5.32 Å². The Bertz CT molecular complexity index is 373. The molecule has 0 spiro atoms. The molecule has 17 heavy (non-hydrogen) atoms. The number of hydrogen-bond donors (Lipinski definition) is 4. The van der Waals surface area contributed by atoms with E-state index in [4.69, 9.17) is 5.73 Å². The van der Waals surface area contributed by atoms with Gasteiger partial charge in [0, 0.05) is 24.2 Å². The average molecular weight is 238 g/mol. The third-order valence-electron chi connectivity index (χ3n) is 2.35. The monoisotopic (exact) mass is 238 g/mol. The van der Waals surface area contributed by atoms with E-state index in [1.165, 1.54) is 18.2 Å². The summed E-state index contributed by atoms with van der Waals surface area (Å²) in [7, 11) is 0. The van der Waals surface area contributed by atoms with E-state index < -0.39 is 0 Å². The van der Waals surface area contributed by atoms with Crippen molar-refractivity contribution in [3.05, 3.63) is 23.8 Å². The van der Waals surface area contributed by atoms with E-state index >= 15 is 0 Å². The molecule has 0 aromatic heterocycles. The van der Waals surface area contributed by atoms with Crippen LogP contribution in [0.25, 0.3) is 0 Å². The maximum Gasteiger partial charge on any atom is 0.251 e. The van der Waals surface area contributed by atoms with Gasteiger partial charge in [-0.1, -0.05) is 13.3 Å². The van der Waals surface area contributed by atoms with Gasteiger partial charge in [0.25, 0.3) is 5.91 Å². The second-order valence-electron chi connectivity index (χ2n) is 4.00. The van der Waals surface area contributed by atoms with Gasteiger partial charge in [0.15, 0.2) is 0 Å². The molecule has 1 aromatic carbocycles. The number of hydrogen-bond acceptors (Lipinski definition) is 4. The molecule has 0 aliphatic carbocycles. The van der Waals surface area contributed by atoms with Crippen molar-refractivity contribution in [2.75, 3.05) is 6.54 Å². The molecule has 1 atom stereocenters. The van der Waals surface area contributed by atoms with Crippen LogP contribution in [0.1, 0.15) is 30.1 Å². The first-order valence-electron chi connectivity index (χ1n) is 5.59. The Morgan fingerprint density at radius 1 is 1.35 bits per heavy atom. The quantitative estimate of drug-likeness (QED) is 0.614. The lowest BCUT2D eigenvalue weighted by atomic mass is 10.1. The first-order valence-corrected chi connectivity index (χ1v) is 5.59. The van der Waals surface area contributed by atoms with Crippen molar-refractivity contribution < 1.29 is 15.0 Å². The molecule has 0 aliphatic rings. The van der Waals surface area contributed by atoms with E-state index in [1.807, 2.05) is 6.92 Å². The Morgan fingerprint density at radius 3 is 2.47 bits per heavy atom. The topological polar surface area (TPSA) is 95.6 Å². The summed E-state index contributed by atoms with van der Waals surface area (Å²) >= 11 is 0. The molecule has 5 heteroatoms. The summed E-state index contributed by atoms with van der Waals surface area (Å²) in [6, 6.07) is 3.68. The lowest BCUT2D eigenvalue weighted by Gasteiger charge is -2.11. The number of carbonyl (C=O) groups is 1. The molecule has 0 fully saturated rings. The van der Waals surface area contributed by atoms with E-state index in [9.17, 15) is 15.0 Å². The van der Waals surface area contributed by atoms with Gasteiger partial charge in [-0.3, -0.25) is 4.79 Å². The number of rotatable bonds is 5. The van der Waals surface area contributed by atoms with Crippen LogP contribution in [0.2, 0.25) is 0 Å².